The molecule has 0 aliphatic heterocycles. The quantitative estimate of drug-likeness (QED) is 0.691. The van der Waals surface area contributed by atoms with Crippen LogP contribution in [-0.2, 0) is 6.18 Å². The van der Waals surface area contributed by atoms with Gasteiger partial charge in [-0.1, -0.05) is 6.07 Å². The second-order valence-electron chi connectivity index (χ2n) is 3.32. The van der Waals surface area contributed by atoms with Crippen LogP contribution in [0.2, 0.25) is 0 Å². The number of nitrogens with zero attached hydrogens (tertiary/aromatic N) is 2. The first kappa shape index (κ1) is 10.7. The van der Waals surface area contributed by atoms with Gasteiger partial charge in [0.2, 0.25) is 0 Å². The highest BCUT2D eigenvalue weighted by Gasteiger charge is 2.35. The molecule has 0 saturated heterocycles. The highest BCUT2D eigenvalue weighted by atomic mass is 19.4. The Bertz CT molecular complexity index is 601. The van der Waals surface area contributed by atoms with Crippen molar-refractivity contribution in [2.75, 3.05) is 0 Å². The molecule has 0 radical (unpaired) electrons. The molecular weight excluding hydrogens is 221 g/mol. The first-order chi connectivity index (χ1) is 7.41. The number of hydrogen-bond acceptors (Lipinski definition) is 2. The number of alkyl halides is 3. The Balaban J connectivity index is 2.90. The third kappa shape index (κ3) is 1.56. The summed E-state index contributed by atoms with van der Waals surface area (Å²) in [5, 5.41) is 0. The average Bonchev–Trinajstić information content (AvgIpc) is 2.22. The molecule has 3 nitrogen and oxygen atoms in total. The number of halogens is 3. The Kier molecular flexibility index (Phi) is 2.22. The van der Waals surface area contributed by atoms with Gasteiger partial charge in [-0.2, -0.15) is 13.2 Å². The van der Waals surface area contributed by atoms with E-state index in [1.165, 1.54) is 18.3 Å². The Labute approximate surface area is 88.2 Å². The third-order valence-electron chi connectivity index (χ3n) is 2.23. The zero-order valence-electron chi connectivity index (χ0n) is 8.25. The lowest BCUT2D eigenvalue weighted by Crippen LogP contribution is -2.24. The Hall–Kier alpha value is -1.85. The summed E-state index contributed by atoms with van der Waals surface area (Å²) in [4.78, 5) is 15.1. The van der Waals surface area contributed by atoms with Crippen molar-refractivity contribution in [3.63, 3.8) is 0 Å². The molecule has 0 aromatic carbocycles. The molecule has 0 fully saturated rings. The number of hydrogen-bond donors (Lipinski definition) is 0. The maximum absolute atomic E-state index is 12.5. The van der Waals surface area contributed by atoms with Crippen LogP contribution in [0, 0.1) is 6.92 Å². The number of rotatable bonds is 0. The summed E-state index contributed by atoms with van der Waals surface area (Å²) in [6, 6.07) is 4.44. The first-order valence-electron chi connectivity index (χ1n) is 4.46. The van der Waals surface area contributed by atoms with Crippen molar-refractivity contribution in [2.24, 2.45) is 0 Å². The number of aromatic nitrogens is 2. The highest BCUT2D eigenvalue weighted by Crippen LogP contribution is 2.28. The van der Waals surface area contributed by atoms with Crippen LogP contribution in [0.25, 0.3) is 5.65 Å². The minimum atomic E-state index is -4.60. The van der Waals surface area contributed by atoms with Crippen LogP contribution in [-0.4, -0.2) is 9.38 Å². The SMILES string of the molecule is Cc1c(C(F)(F)F)nc2ccccn2c1=O. The lowest BCUT2D eigenvalue weighted by atomic mass is 10.2. The molecule has 0 atom stereocenters. The monoisotopic (exact) mass is 228 g/mol. The van der Waals surface area contributed by atoms with Crippen molar-refractivity contribution in [3.05, 3.63) is 46.0 Å². The van der Waals surface area contributed by atoms with Gasteiger partial charge in [0, 0.05) is 11.8 Å². The molecule has 0 aliphatic carbocycles. The van der Waals surface area contributed by atoms with Gasteiger partial charge in [0.1, 0.15) is 5.65 Å². The molecule has 0 spiro atoms. The molecule has 0 unspecified atom stereocenters. The van der Waals surface area contributed by atoms with E-state index in [2.05, 4.69) is 4.98 Å². The van der Waals surface area contributed by atoms with Crippen LogP contribution in [0.15, 0.2) is 29.2 Å². The van der Waals surface area contributed by atoms with Gasteiger partial charge in [-0.25, -0.2) is 4.98 Å². The number of pyridine rings is 1. The minimum Gasteiger partial charge on any atom is -0.269 e. The van der Waals surface area contributed by atoms with Gasteiger partial charge in [-0.05, 0) is 19.1 Å². The average molecular weight is 228 g/mol. The maximum Gasteiger partial charge on any atom is 0.433 e. The van der Waals surface area contributed by atoms with E-state index in [1.54, 1.807) is 6.07 Å². The molecule has 6 heteroatoms. The van der Waals surface area contributed by atoms with E-state index < -0.39 is 23.0 Å². The van der Waals surface area contributed by atoms with Crippen LogP contribution in [0.3, 0.4) is 0 Å². The van der Waals surface area contributed by atoms with Crippen LogP contribution < -0.4 is 5.56 Å². The van der Waals surface area contributed by atoms with Gasteiger partial charge in [-0.15, -0.1) is 0 Å². The number of fused-ring (bicyclic) bond motifs is 1. The molecule has 0 bridgehead atoms. The first-order valence-corrected chi connectivity index (χ1v) is 4.46. The minimum absolute atomic E-state index is 0.00887. The molecule has 16 heavy (non-hydrogen) atoms. The van der Waals surface area contributed by atoms with Gasteiger partial charge in [-0.3, -0.25) is 9.20 Å². The van der Waals surface area contributed by atoms with E-state index in [9.17, 15) is 18.0 Å². The zero-order chi connectivity index (χ0) is 11.9. The Morgan fingerprint density at radius 3 is 2.62 bits per heavy atom. The second kappa shape index (κ2) is 3.33. The fraction of sp³-hybridized carbons (Fsp3) is 0.200. The van der Waals surface area contributed by atoms with E-state index in [0.717, 1.165) is 11.3 Å². The van der Waals surface area contributed by atoms with E-state index in [4.69, 9.17) is 0 Å². The van der Waals surface area contributed by atoms with E-state index in [0.29, 0.717) is 0 Å². The van der Waals surface area contributed by atoms with Gasteiger partial charge in [0.15, 0.2) is 5.69 Å². The largest absolute Gasteiger partial charge is 0.433 e. The third-order valence-corrected chi connectivity index (χ3v) is 2.23. The van der Waals surface area contributed by atoms with Gasteiger partial charge < -0.3 is 0 Å². The smallest absolute Gasteiger partial charge is 0.269 e. The summed E-state index contributed by atoms with van der Waals surface area (Å²) in [6.45, 7) is 1.12. The van der Waals surface area contributed by atoms with Crippen LogP contribution in [0.1, 0.15) is 11.3 Å². The van der Waals surface area contributed by atoms with E-state index in [1.807, 2.05) is 0 Å². The lowest BCUT2D eigenvalue weighted by molar-refractivity contribution is -0.141. The second-order valence-corrected chi connectivity index (χ2v) is 3.32. The van der Waals surface area contributed by atoms with Crippen molar-refractivity contribution in [1.82, 2.24) is 9.38 Å². The highest BCUT2D eigenvalue weighted by molar-refractivity contribution is 5.40. The predicted octanol–water partition coefficient (Wildman–Crippen LogP) is 2.02. The summed E-state index contributed by atoms with van der Waals surface area (Å²) in [6.07, 6.45) is -3.22. The predicted molar refractivity (Wildman–Crippen MR) is 51.2 cm³/mol. The molecule has 2 aromatic rings. The molecule has 0 amide bonds. The fourth-order valence-electron chi connectivity index (χ4n) is 1.45. The summed E-state index contributed by atoms with van der Waals surface area (Å²) >= 11 is 0. The molecule has 84 valence electrons. The molecule has 0 aliphatic rings. The van der Waals surface area contributed by atoms with Crippen LogP contribution >= 0.6 is 0 Å². The van der Waals surface area contributed by atoms with Crippen molar-refractivity contribution < 1.29 is 13.2 Å². The van der Waals surface area contributed by atoms with E-state index >= 15 is 0 Å². The van der Waals surface area contributed by atoms with Crippen molar-refractivity contribution >= 4 is 5.65 Å². The molecule has 0 saturated carbocycles. The van der Waals surface area contributed by atoms with E-state index in [-0.39, 0.29) is 5.65 Å². The van der Waals surface area contributed by atoms with Gasteiger partial charge in [0.25, 0.3) is 5.56 Å². The molecule has 2 heterocycles. The summed E-state index contributed by atoms with van der Waals surface area (Å²) in [5.74, 6) is 0. The summed E-state index contributed by atoms with van der Waals surface area (Å²) in [7, 11) is 0. The molecular formula is C10H7F3N2O. The van der Waals surface area contributed by atoms with Crippen LogP contribution in [0.4, 0.5) is 13.2 Å². The molecule has 2 aromatic heterocycles. The molecule has 0 N–H and O–H groups in total. The van der Waals surface area contributed by atoms with Gasteiger partial charge in [0.05, 0.1) is 0 Å². The zero-order valence-corrected chi connectivity index (χ0v) is 8.25. The topological polar surface area (TPSA) is 34.4 Å². The van der Waals surface area contributed by atoms with Crippen LogP contribution in [0.5, 0.6) is 0 Å². The van der Waals surface area contributed by atoms with Gasteiger partial charge >= 0.3 is 6.18 Å². The maximum atomic E-state index is 12.5. The fourth-order valence-corrected chi connectivity index (χ4v) is 1.45. The Morgan fingerprint density at radius 1 is 1.31 bits per heavy atom. The van der Waals surface area contributed by atoms with Crippen molar-refractivity contribution in [1.29, 1.82) is 0 Å². The summed E-state index contributed by atoms with van der Waals surface area (Å²) < 4.78 is 38.7. The van der Waals surface area contributed by atoms with Crippen molar-refractivity contribution in [2.45, 2.75) is 13.1 Å². The Morgan fingerprint density at radius 2 is 2.00 bits per heavy atom. The standard InChI is InChI=1S/C10H7F3N2O/c1-6-8(10(11,12)13)14-7-4-2-3-5-15(7)9(6)16/h2-5H,1H3. The van der Waals surface area contributed by atoms with Crippen molar-refractivity contribution in [3.8, 4) is 0 Å². The summed E-state index contributed by atoms with van der Waals surface area (Å²) in [5.41, 5.74) is -2.22. The lowest BCUT2D eigenvalue weighted by Gasteiger charge is -2.10. The molecule has 2 rings (SSSR count). The normalized spacial score (nSPS) is 12.0.